The van der Waals surface area contributed by atoms with Crippen LogP contribution in [0.1, 0.15) is 6.92 Å². The van der Waals surface area contributed by atoms with Crippen molar-refractivity contribution in [3.8, 4) is 0 Å². The van der Waals surface area contributed by atoms with Crippen molar-refractivity contribution in [1.82, 2.24) is 9.36 Å². The van der Waals surface area contributed by atoms with Crippen LogP contribution in [0.5, 0.6) is 0 Å². The van der Waals surface area contributed by atoms with Crippen LogP contribution in [0, 0.1) is 0 Å². The Hall–Kier alpha value is -0.200. The highest BCUT2D eigenvalue weighted by atomic mass is 35.5. The maximum atomic E-state index is 11.4. The fourth-order valence-corrected chi connectivity index (χ4v) is 3.06. The van der Waals surface area contributed by atoms with Gasteiger partial charge in [0.25, 0.3) is 0 Å². The molecule has 0 N–H and O–H groups in total. The van der Waals surface area contributed by atoms with Crippen LogP contribution in [-0.2, 0) is 9.84 Å². The molecule has 1 rings (SSSR count). The van der Waals surface area contributed by atoms with E-state index in [1.165, 1.54) is 6.33 Å². The Morgan fingerprint density at radius 3 is 2.83 bits per heavy atom. The molecular formula is C5H7ClN2O2S2. The summed E-state index contributed by atoms with van der Waals surface area (Å²) in [7, 11) is -3.33. The minimum atomic E-state index is -3.33. The van der Waals surface area contributed by atoms with E-state index >= 15 is 0 Å². The number of halogens is 1. The third-order valence-corrected chi connectivity index (χ3v) is 5.18. The zero-order valence-corrected chi connectivity index (χ0v) is 8.66. The monoisotopic (exact) mass is 226 g/mol. The first-order chi connectivity index (χ1) is 5.59. The third kappa shape index (κ3) is 1.75. The molecule has 0 saturated carbocycles. The van der Waals surface area contributed by atoms with Gasteiger partial charge in [-0.05, 0) is 18.5 Å². The molecule has 0 saturated heterocycles. The molecule has 0 amide bonds. The smallest absolute Gasteiger partial charge is 0.221 e. The lowest BCUT2D eigenvalue weighted by Crippen LogP contribution is -2.19. The standard InChI is InChI=1S/C5H7ClN2O2S2/c1-4(2-6)12(9,10)5-7-3-8-11-5/h3-4H,2H2,1H3. The van der Waals surface area contributed by atoms with E-state index in [0.717, 1.165) is 11.5 Å². The number of rotatable bonds is 3. The zero-order valence-electron chi connectivity index (χ0n) is 6.27. The molecule has 12 heavy (non-hydrogen) atoms. The predicted octanol–water partition coefficient (Wildman–Crippen LogP) is 0.939. The fraction of sp³-hybridized carbons (Fsp3) is 0.600. The summed E-state index contributed by atoms with van der Waals surface area (Å²) in [6.07, 6.45) is 1.22. The molecule has 1 atom stereocenters. The maximum absolute atomic E-state index is 11.4. The summed E-state index contributed by atoms with van der Waals surface area (Å²) in [5.41, 5.74) is 0. The topological polar surface area (TPSA) is 59.9 Å². The molecule has 4 nitrogen and oxygen atoms in total. The van der Waals surface area contributed by atoms with Gasteiger partial charge in [0.15, 0.2) is 0 Å². The molecule has 68 valence electrons. The number of nitrogens with zero attached hydrogens (tertiary/aromatic N) is 2. The Morgan fingerprint density at radius 2 is 2.42 bits per heavy atom. The summed E-state index contributed by atoms with van der Waals surface area (Å²) in [5.74, 6) is 0.0713. The predicted molar refractivity (Wildman–Crippen MR) is 47.3 cm³/mol. The van der Waals surface area contributed by atoms with Crippen molar-refractivity contribution < 1.29 is 8.42 Å². The van der Waals surface area contributed by atoms with Crippen LogP contribution < -0.4 is 0 Å². The van der Waals surface area contributed by atoms with Crippen LogP contribution in [0.3, 0.4) is 0 Å². The molecule has 0 aromatic carbocycles. The van der Waals surface area contributed by atoms with Crippen molar-refractivity contribution in [2.45, 2.75) is 16.5 Å². The van der Waals surface area contributed by atoms with E-state index in [1.807, 2.05) is 0 Å². The van der Waals surface area contributed by atoms with Crippen molar-refractivity contribution >= 4 is 33.0 Å². The molecule has 0 radical (unpaired) electrons. The van der Waals surface area contributed by atoms with Crippen molar-refractivity contribution in [1.29, 1.82) is 0 Å². The van der Waals surface area contributed by atoms with Gasteiger partial charge < -0.3 is 0 Å². The van der Waals surface area contributed by atoms with E-state index in [1.54, 1.807) is 6.92 Å². The second-order valence-corrected chi connectivity index (χ2v) is 5.85. The number of hydrogen-bond donors (Lipinski definition) is 0. The molecule has 1 unspecified atom stereocenters. The maximum Gasteiger partial charge on any atom is 0.228 e. The Morgan fingerprint density at radius 1 is 1.75 bits per heavy atom. The van der Waals surface area contributed by atoms with Gasteiger partial charge in [0.05, 0.1) is 5.25 Å². The molecule has 0 spiro atoms. The molecule has 0 bridgehead atoms. The Labute approximate surface area is 79.7 Å². The van der Waals surface area contributed by atoms with Gasteiger partial charge in [0.1, 0.15) is 6.33 Å². The molecule has 1 aromatic rings. The fourth-order valence-electron chi connectivity index (χ4n) is 0.543. The van der Waals surface area contributed by atoms with E-state index in [-0.39, 0.29) is 10.2 Å². The third-order valence-electron chi connectivity index (χ3n) is 1.33. The second-order valence-electron chi connectivity index (χ2n) is 2.22. The Bertz CT molecular complexity index is 334. The number of aromatic nitrogens is 2. The highest BCUT2D eigenvalue weighted by molar-refractivity contribution is 7.93. The molecule has 0 aliphatic heterocycles. The second kappa shape index (κ2) is 3.68. The summed E-state index contributed by atoms with van der Waals surface area (Å²) in [6.45, 7) is 1.55. The van der Waals surface area contributed by atoms with E-state index < -0.39 is 15.1 Å². The minimum Gasteiger partial charge on any atom is -0.221 e. The molecule has 7 heteroatoms. The van der Waals surface area contributed by atoms with Gasteiger partial charge in [0, 0.05) is 5.88 Å². The largest absolute Gasteiger partial charge is 0.228 e. The lowest BCUT2D eigenvalue weighted by molar-refractivity contribution is 0.587. The Kier molecular flexibility index (Phi) is 3.03. The van der Waals surface area contributed by atoms with Gasteiger partial charge in [-0.15, -0.1) is 11.6 Å². The number of hydrogen-bond acceptors (Lipinski definition) is 5. The SMILES string of the molecule is CC(CCl)S(=O)(=O)c1ncns1. The van der Waals surface area contributed by atoms with Gasteiger partial charge in [-0.1, -0.05) is 0 Å². The Balaban J connectivity index is 3.03. The van der Waals surface area contributed by atoms with Gasteiger partial charge in [-0.2, -0.15) is 4.37 Å². The summed E-state index contributed by atoms with van der Waals surface area (Å²) < 4.78 is 26.5. The molecular weight excluding hydrogens is 220 g/mol. The highest BCUT2D eigenvalue weighted by Gasteiger charge is 2.25. The van der Waals surface area contributed by atoms with Gasteiger partial charge in [0.2, 0.25) is 14.2 Å². The van der Waals surface area contributed by atoms with Crippen LogP contribution in [0.2, 0.25) is 0 Å². The first-order valence-corrected chi connectivity index (χ1v) is 6.01. The average Bonchev–Trinajstić information content (AvgIpc) is 2.55. The first-order valence-electron chi connectivity index (χ1n) is 3.15. The summed E-state index contributed by atoms with van der Waals surface area (Å²) in [5, 5.41) is -0.605. The number of alkyl halides is 1. The zero-order chi connectivity index (χ0) is 9.19. The average molecular weight is 227 g/mol. The summed E-state index contributed by atoms with van der Waals surface area (Å²) in [4.78, 5) is 3.62. The van der Waals surface area contributed by atoms with Crippen LogP contribution in [0.25, 0.3) is 0 Å². The van der Waals surface area contributed by atoms with Crippen LogP contribution in [0.4, 0.5) is 0 Å². The van der Waals surface area contributed by atoms with Crippen molar-refractivity contribution in [2.75, 3.05) is 5.88 Å². The van der Waals surface area contributed by atoms with E-state index in [0.29, 0.717) is 0 Å². The normalized spacial score (nSPS) is 14.5. The van der Waals surface area contributed by atoms with Crippen LogP contribution in [-0.4, -0.2) is 28.9 Å². The molecule has 0 aliphatic rings. The summed E-state index contributed by atoms with van der Waals surface area (Å²) >= 11 is 6.30. The molecule has 1 aromatic heterocycles. The van der Waals surface area contributed by atoms with Crippen LogP contribution >= 0.6 is 23.1 Å². The first kappa shape index (κ1) is 9.88. The van der Waals surface area contributed by atoms with E-state index in [2.05, 4.69) is 9.36 Å². The quantitative estimate of drug-likeness (QED) is 0.720. The van der Waals surface area contributed by atoms with Gasteiger partial charge in [-0.3, -0.25) is 0 Å². The van der Waals surface area contributed by atoms with E-state index in [4.69, 9.17) is 11.6 Å². The van der Waals surface area contributed by atoms with Crippen molar-refractivity contribution in [3.05, 3.63) is 6.33 Å². The van der Waals surface area contributed by atoms with Crippen molar-refractivity contribution in [2.24, 2.45) is 0 Å². The minimum absolute atomic E-state index is 0.0376. The lowest BCUT2D eigenvalue weighted by Gasteiger charge is -2.04. The van der Waals surface area contributed by atoms with Gasteiger partial charge >= 0.3 is 0 Å². The molecule has 1 heterocycles. The highest BCUT2D eigenvalue weighted by Crippen LogP contribution is 2.16. The molecule has 0 fully saturated rings. The lowest BCUT2D eigenvalue weighted by atomic mass is 10.6. The van der Waals surface area contributed by atoms with Crippen molar-refractivity contribution in [3.63, 3.8) is 0 Å². The van der Waals surface area contributed by atoms with E-state index in [9.17, 15) is 8.42 Å². The molecule has 0 aliphatic carbocycles. The number of sulfone groups is 1. The van der Waals surface area contributed by atoms with Gasteiger partial charge in [-0.25, -0.2) is 13.4 Å². The summed E-state index contributed by atoms with van der Waals surface area (Å²) in [6, 6.07) is 0. The van der Waals surface area contributed by atoms with Crippen LogP contribution in [0.15, 0.2) is 10.7 Å².